The number of anilines is 1. The molecule has 0 unspecified atom stereocenters. The van der Waals surface area contributed by atoms with E-state index < -0.39 is 12.8 Å². The smallest absolute Gasteiger partial charge is 0.422 e. The van der Waals surface area contributed by atoms with E-state index in [-0.39, 0.29) is 24.2 Å². The molecule has 1 amide bonds. The quantitative estimate of drug-likeness (QED) is 0.799. The summed E-state index contributed by atoms with van der Waals surface area (Å²) in [5, 5.41) is 4.90. The number of ether oxygens (including phenoxy) is 1. The summed E-state index contributed by atoms with van der Waals surface area (Å²) in [4.78, 5) is 15.6. The first-order valence-electron chi connectivity index (χ1n) is 8.29. The molecule has 1 fully saturated rings. The molecule has 2 heterocycles. The Labute approximate surface area is 153 Å². The molecule has 1 aromatic heterocycles. The summed E-state index contributed by atoms with van der Waals surface area (Å²) in [6, 6.07) is 10.4. The number of rotatable bonds is 6. The molecule has 3 rings (SSSR count). The van der Waals surface area contributed by atoms with E-state index in [9.17, 15) is 18.0 Å². The first-order chi connectivity index (χ1) is 12.4. The summed E-state index contributed by atoms with van der Waals surface area (Å²) in [5.41, 5.74) is 0.372. The van der Waals surface area contributed by atoms with E-state index in [1.54, 1.807) is 29.5 Å². The zero-order valence-corrected chi connectivity index (χ0v) is 14.8. The molecule has 1 aromatic carbocycles. The molecule has 0 bridgehead atoms. The summed E-state index contributed by atoms with van der Waals surface area (Å²) in [7, 11) is 0. The molecule has 0 aliphatic carbocycles. The minimum absolute atomic E-state index is 0.00820. The third kappa shape index (κ3) is 4.69. The molecule has 1 N–H and O–H groups in total. The van der Waals surface area contributed by atoms with E-state index in [4.69, 9.17) is 4.74 Å². The highest BCUT2D eigenvalue weighted by Gasteiger charge is 2.31. The minimum Gasteiger partial charge on any atom is -0.482 e. The number of benzene rings is 1. The van der Waals surface area contributed by atoms with Crippen LogP contribution in [0.1, 0.15) is 23.8 Å². The second-order valence-corrected chi connectivity index (χ2v) is 6.99. The van der Waals surface area contributed by atoms with Crippen molar-refractivity contribution >= 4 is 22.9 Å². The lowest BCUT2D eigenvalue weighted by Gasteiger charge is -2.24. The predicted octanol–water partition coefficient (Wildman–Crippen LogP) is 4.46. The second-order valence-electron chi connectivity index (χ2n) is 6.01. The van der Waals surface area contributed by atoms with Crippen LogP contribution in [-0.4, -0.2) is 36.7 Å². The highest BCUT2D eigenvalue weighted by atomic mass is 32.1. The van der Waals surface area contributed by atoms with Crippen molar-refractivity contribution in [1.29, 1.82) is 0 Å². The fourth-order valence-corrected chi connectivity index (χ4v) is 3.89. The molecule has 140 valence electrons. The third-order valence-corrected chi connectivity index (χ3v) is 5.13. The maximum atomic E-state index is 12.6. The number of likely N-dealkylation sites (tertiary alicyclic amines) is 1. The van der Waals surface area contributed by atoms with Crippen LogP contribution in [0, 0.1) is 0 Å². The molecule has 1 saturated heterocycles. The molecule has 1 aliphatic heterocycles. The number of carbonyl (C=O) groups excluding carboxylic acids is 1. The molecule has 4 nitrogen and oxygen atoms in total. The van der Waals surface area contributed by atoms with Crippen LogP contribution in [0.25, 0.3) is 0 Å². The third-order valence-electron chi connectivity index (χ3n) is 4.15. The first kappa shape index (κ1) is 18.6. The predicted molar refractivity (Wildman–Crippen MR) is 94.5 cm³/mol. The van der Waals surface area contributed by atoms with E-state index in [0.717, 1.165) is 17.7 Å². The number of hydrogen-bond acceptors (Lipinski definition) is 4. The van der Waals surface area contributed by atoms with Crippen LogP contribution in [-0.2, 0) is 4.79 Å². The Morgan fingerprint density at radius 1 is 1.27 bits per heavy atom. The zero-order valence-electron chi connectivity index (χ0n) is 14.0. The van der Waals surface area contributed by atoms with E-state index in [1.165, 1.54) is 6.07 Å². The fraction of sp³-hybridized carbons (Fsp3) is 0.389. The number of alkyl halides is 3. The molecule has 1 atom stereocenters. The van der Waals surface area contributed by atoms with Gasteiger partial charge in [-0.2, -0.15) is 13.2 Å². The van der Waals surface area contributed by atoms with Crippen LogP contribution < -0.4 is 10.1 Å². The molecule has 0 saturated carbocycles. The van der Waals surface area contributed by atoms with Crippen molar-refractivity contribution in [2.45, 2.75) is 25.1 Å². The van der Waals surface area contributed by atoms with Crippen LogP contribution in [0.3, 0.4) is 0 Å². The zero-order chi connectivity index (χ0) is 18.6. The lowest BCUT2D eigenvalue weighted by molar-refractivity contribution is -0.153. The van der Waals surface area contributed by atoms with Gasteiger partial charge in [0.1, 0.15) is 5.75 Å². The Kier molecular flexibility index (Phi) is 5.70. The van der Waals surface area contributed by atoms with Crippen molar-refractivity contribution in [2.24, 2.45) is 0 Å². The van der Waals surface area contributed by atoms with Crippen molar-refractivity contribution in [3.63, 3.8) is 0 Å². The minimum atomic E-state index is -4.41. The number of nitrogens with one attached hydrogen (secondary N) is 1. The van der Waals surface area contributed by atoms with Crippen LogP contribution >= 0.6 is 11.3 Å². The fourth-order valence-electron chi connectivity index (χ4n) is 3.01. The summed E-state index contributed by atoms with van der Waals surface area (Å²) in [6.45, 7) is -0.671. The van der Waals surface area contributed by atoms with Gasteiger partial charge in [0, 0.05) is 11.4 Å². The number of halogens is 3. The van der Waals surface area contributed by atoms with Gasteiger partial charge in [-0.3, -0.25) is 4.79 Å². The molecule has 1 aliphatic rings. The van der Waals surface area contributed by atoms with Gasteiger partial charge in [0.25, 0.3) is 0 Å². The van der Waals surface area contributed by atoms with Crippen LogP contribution in [0.5, 0.6) is 5.75 Å². The maximum Gasteiger partial charge on any atom is 0.422 e. The molecular formula is C18H19F3N2O2S. The van der Waals surface area contributed by atoms with Crippen LogP contribution in [0.2, 0.25) is 0 Å². The Morgan fingerprint density at radius 2 is 2.08 bits per heavy atom. The highest BCUT2D eigenvalue weighted by Crippen LogP contribution is 2.34. The lowest BCUT2D eigenvalue weighted by atomic mass is 10.2. The molecule has 26 heavy (non-hydrogen) atoms. The van der Waals surface area contributed by atoms with E-state index in [1.807, 2.05) is 22.4 Å². The van der Waals surface area contributed by atoms with Crippen molar-refractivity contribution < 1.29 is 22.7 Å². The van der Waals surface area contributed by atoms with Gasteiger partial charge >= 0.3 is 6.18 Å². The van der Waals surface area contributed by atoms with Gasteiger partial charge in [0.2, 0.25) is 5.91 Å². The SMILES string of the molecule is O=C(CNc1ccccc1OCC(F)(F)F)N1CCC[C@@H]1c1cccs1. The van der Waals surface area contributed by atoms with Gasteiger partial charge in [-0.15, -0.1) is 11.3 Å². The van der Waals surface area contributed by atoms with Gasteiger partial charge in [0.05, 0.1) is 18.3 Å². The van der Waals surface area contributed by atoms with Crippen LogP contribution in [0.4, 0.5) is 18.9 Å². The number of nitrogens with zero attached hydrogens (tertiary/aromatic N) is 1. The molecule has 8 heteroatoms. The largest absolute Gasteiger partial charge is 0.482 e. The number of amides is 1. The number of thiophene rings is 1. The van der Waals surface area contributed by atoms with Gasteiger partial charge in [-0.25, -0.2) is 0 Å². The standard InChI is InChI=1S/C18H19F3N2O2S/c19-18(20,21)12-25-15-7-2-1-5-13(15)22-11-17(24)23-9-3-6-14(23)16-8-4-10-26-16/h1-2,4-5,7-8,10,14,22H,3,6,9,11-12H2/t14-/m1/s1. The molecule has 2 aromatic rings. The Balaban J connectivity index is 1.61. The van der Waals surface area contributed by atoms with Gasteiger partial charge < -0.3 is 15.0 Å². The molecule has 0 spiro atoms. The normalized spacial score (nSPS) is 17.3. The van der Waals surface area contributed by atoms with Gasteiger partial charge in [-0.05, 0) is 36.4 Å². The summed E-state index contributed by atoms with van der Waals surface area (Å²) >= 11 is 1.63. The Hall–Kier alpha value is -2.22. The number of carbonyl (C=O) groups is 1. The summed E-state index contributed by atoms with van der Waals surface area (Å²) in [5.74, 6) is 0.000350. The Morgan fingerprint density at radius 3 is 2.81 bits per heavy atom. The van der Waals surface area contributed by atoms with E-state index in [2.05, 4.69) is 5.32 Å². The second kappa shape index (κ2) is 7.99. The number of hydrogen-bond donors (Lipinski definition) is 1. The molecular weight excluding hydrogens is 365 g/mol. The van der Waals surface area contributed by atoms with Gasteiger partial charge in [-0.1, -0.05) is 18.2 Å². The lowest BCUT2D eigenvalue weighted by Crippen LogP contribution is -2.34. The first-order valence-corrected chi connectivity index (χ1v) is 9.17. The average Bonchev–Trinajstić information content (AvgIpc) is 3.28. The average molecular weight is 384 g/mol. The van der Waals surface area contributed by atoms with Crippen molar-refractivity contribution in [2.75, 3.05) is 25.0 Å². The molecule has 0 radical (unpaired) electrons. The number of para-hydroxylation sites is 2. The van der Waals surface area contributed by atoms with Crippen molar-refractivity contribution in [3.8, 4) is 5.75 Å². The maximum absolute atomic E-state index is 12.6. The van der Waals surface area contributed by atoms with E-state index in [0.29, 0.717) is 12.2 Å². The summed E-state index contributed by atoms with van der Waals surface area (Å²) in [6.07, 6.45) is -2.54. The van der Waals surface area contributed by atoms with Crippen molar-refractivity contribution in [3.05, 3.63) is 46.7 Å². The summed E-state index contributed by atoms with van der Waals surface area (Å²) < 4.78 is 41.9. The van der Waals surface area contributed by atoms with Gasteiger partial charge in [0.15, 0.2) is 6.61 Å². The Bertz CT molecular complexity index is 734. The topological polar surface area (TPSA) is 41.6 Å². The van der Waals surface area contributed by atoms with Crippen molar-refractivity contribution in [1.82, 2.24) is 4.90 Å². The monoisotopic (exact) mass is 384 g/mol. The highest BCUT2D eigenvalue weighted by molar-refractivity contribution is 7.10. The van der Waals surface area contributed by atoms with E-state index >= 15 is 0 Å². The van der Waals surface area contributed by atoms with Crippen LogP contribution in [0.15, 0.2) is 41.8 Å².